The van der Waals surface area contributed by atoms with Crippen molar-refractivity contribution < 1.29 is 4.74 Å². The van der Waals surface area contributed by atoms with E-state index in [1.54, 1.807) is 0 Å². The molecule has 0 spiro atoms. The minimum atomic E-state index is -0.615. The van der Waals surface area contributed by atoms with Gasteiger partial charge < -0.3 is 4.74 Å². The molecule has 0 aliphatic rings. The van der Waals surface area contributed by atoms with Crippen molar-refractivity contribution in [3.05, 3.63) is 10.5 Å². The van der Waals surface area contributed by atoms with Gasteiger partial charge in [-0.15, -0.1) is 0 Å². The fraction of sp³-hybridized carbons (Fsp3) is 0.833. The molecular formula is C12H23Cl2OP. The molecule has 0 amide bonds. The number of unbranched alkanes of at least 4 members (excludes halogenated alkanes) is 2. The Balaban J connectivity index is 4.23. The predicted octanol–water partition coefficient (Wildman–Crippen LogP) is 6.06. The van der Waals surface area contributed by atoms with E-state index in [0.717, 1.165) is 37.2 Å². The highest BCUT2D eigenvalue weighted by atomic mass is 35.7. The minimum absolute atomic E-state index is 0.549. The van der Waals surface area contributed by atoms with Crippen molar-refractivity contribution >= 4 is 30.1 Å². The van der Waals surface area contributed by atoms with Crippen molar-refractivity contribution in [3.8, 4) is 0 Å². The van der Waals surface area contributed by atoms with E-state index >= 15 is 0 Å². The van der Waals surface area contributed by atoms with Crippen LogP contribution in [0.25, 0.3) is 0 Å². The molecule has 0 saturated heterocycles. The first-order valence-corrected chi connectivity index (χ1v) is 8.93. The summed E-state index contributed by atoms with van der Waals surface area (Å²) in [6.07, 6.45) is 6.45. The second-order valence-corrected chi connectivity index (χ2v) is 6.99. The topological polar surface area (TPSA) is 9.23 Å². The Labute approximate surface area is 111 Å². The van der Waals surface area contributed by atoms with Gasteiger partial charge in [0.2, 0.25) is 0 Å². The molecule has 0 aromatic rings. The van der Waals surface area contributed by atoms with Crippen molar-refractivity contribution in [2.75, 3.05) is 12.8 Å². The summed E-state index contributed by atoms with van der Waals surface area (Å²) in [5.41, 5.74) is 0. The number of hydrogen-bond donors (Lipinski definition) is 0. The number of halogens is 2. The van der Waals surface area contributed by atoms with Crippen LogP contribution in [0, 0.1) is 0 Å². The van der Waals surface area contributed by atoms with Gasteiger partial charge in [0.1, 0.15) is 0 Å². The summed E-state index contributed by atoms with van der Waals surface area (Å²) in [7, 11) is -0.615. The van der Waals surface area contributed by atoms with E-state index in [1.807, 2.05) is 0 Å². The smallest absolute Gasteiger partial charge is 0.191 e. The highest BCUT2D eigenvalue weighted by molar-refractivity contribution is 7.87. The van der Waals surface area contributed by atoms with E-state index in [0.29, 0.717) is 11.8 Å². The van der Waals surface area contributed by atoms with E-state index in [-0.39, 0.29) is 0 Å². The van der Waals surface area contributed by atoms with Crippen LogP contribution in [-0.2, 0) is 4.74 Å². The van der Waals surface area contributed by atoms with Gasteiger partial charge in [0, 0.05) is 12.6 Å². The standard InChI is InChI=1S/C12H23Cl2OP/c1-4-7-9-15-12(13)11(6-3)16(14)10-8-5-2/h4-10H2,1-3H3/b12-11-. The minimum Gasteiger partial charge on any atom is -0.483 e. The van der Waals surface area contributed by atoms with Gasteiger partial charge in [-0.2, -0.15) is 0 Å². The number of allylic oxidation sites excluding steroid dienone is 1. The van der Waals surface area contributed by atoms with Gasteiger partial charge in [0.05, 0.1) is 6.61 Å². The quantitative estimate of drug-likeness (QED) is 0.284. The maximum Gasteiger partial charge on any atom is 0.191 e. The molecule has 0 aromatic heterocycles. The summed E-state index contributed by atoms with van der Waals surface area (Å²) in [6, 6.07) is 0. The average molecular weight is 285 g/mol. The molecule has 1 nitrogen and oxygen atoms in total. The summed E-state index contributed by atoms with van der Waals surface area (Å²) < 4.78 is 5.51. The number of rotatable bonds is 9. The van der Waals surface area contributed by atoms with Gasteiger partial charge in [-0.25, -0.2) is 0 Å². The largest absolute Gasteiger partial charge is 0.483 e. The molecule has 1 unspecified atom stereocenters. The van der Waals surface area contributed by atoms with Crippen LogP contribution >= 0.6 is 30.1 Å². The highest BCUT2D eigenvalue weighted by Gasteiger charge is 2.14. The Kier molecular flexibility index (Phi) is 11.1. The van der Waals surface area contributed by atoms with Gasteiger partial charge >= 0.3 is 0 Å². The zero-order chi connectivity index (χ0) is 12.4. The first kappa shape index (κ1) is 16.6. The Hall–Kier alpha value is 0.550. The molecule has 0 heterocycles. The Morgan fingerprint density at radius 1 is 1.12 bits per heavy atom. The Morgan fingerprint density at radius 2 is 1.75 bits per heavy atom. The van der Waals surface area contributed by atoms with Crippen molar-refractivity contribution in [1.29, 1.82) is 0 Å². The summed E-state index contributed by atoms with van der Waals surface area (Å²) >= 11 is 12.5. The van der Waals surface area contributed by atoms with Crippen LogP contribution in [0.5, 0.6) is 0 Å². The third kappa shape index (κ3) is 6.99. The summed E-state index contributed by atoms with van der Waals surface area (Å²) in [4.78, 5) is 0. The van der Waals surface area contributed by atoms with Gasteiger partial charge in [0.25, 0.3) is 0 Å². The third-order valence-electron chi connectivity index (χ3n) is 2.29. The van der Waals surface area contributed by atoms with E-state index in [2.05, 4.69) is 20.8 Å². The second-order valence-electron chi connectivity index (χ2n) is 3.72. The Morgan fingerprint density at radius 3 is 2.25 bits per heavy atom. The summed E-state index contributed by atoms with van der Waals surface area (Å²) in [5.74, 6) is 0. The fourth-order valence-electron chi connectivity index (χ4n) is 1.23. The molecule has 0 rings (SSSR count). The van der Waals surface area contributed by atoms with Crippen LogP contribution in [0.4, 0.5) is 0 Å². The average Bonchev–Trinajstić information content (AvgIpc) is 2.27. The van der Waals surface area contributed by atoms with Crippen LogP contribution < -0.4 is 0 Å². The van der Waals surface area contributed by atoms with Crippen LogP contribution in [0.15, 0.2) is 10.5 Å². The number of ether oxygens (including phenoxy) is 1. The lowest BCUT2D eigenvalue weighted by Gasteiger charge is -2.15. The molecule has 0 fully saturated rings. The van der Waals surface area contributed by atoms with E-state index < -0.39 is 7.27 Å². The predicted molar refractivity (Wildman–Crippen MR) is 76.6 cm³/mol. The molecule has 1 atom stereocenters. The van der Waals surface area contributed by atoms with Crippen LogP contribution in [0.1, 0.15) is 52.9 Å². The Bertz CT molecular complexity index is 207. The molecule has 0 aliphatic heterocycles. The van der Waals surface area contributed by atoms with E-state index in [4.69, 9.17) is 27.6 Å². The van der Waals surface area contributed by atoms with Gasteiger partial charge in [0.15, 0.2) is 5.22 Å². The van der Waals surface area contributed by atoms with Crippen LogP contribution in [-0.4, -0.2) is 12.8 Å². The van der Waals surface area contributed by atoms with Gasteiger partial charge in [-0.05, 0) is 37.0 Å². The fourth-order valence-corrected chi connectivity index (χ4v) is 4.28. The second kappa shape index (κ2) is 10.7. The highest BCUT2D eigenvalue weighted by Crippen LogP contribution is 2.53. The normalized spacial score (nSPS) is 14.6. The van der Waals surface area contributed by atoms with Crippen molar-refractivity contribution in [1.82, 2.24) is 0 Å². The molecular weight excluding hydrogens is 262 g/mol. The van der Waals surface area contributed by atoms with Crippen LogP contribution in [0.3, 0.4) is 0 Å². The molecule has 4 heteroatoms. The monoisotopic (exact) mass is 284 g/mol. The first-order chi connectivity index (χ1) is 7.67. The molecule has 0 radical (unpaired) electrons. The molecule has 0 bridgehead atoms. The first-order valence-electron chi connectivity index (χ1n) is 6.12. The summed E-state index contributed by atoms with van der Waals surface area (Å²) in [5, 5.41) is 1.66. The maximum atomic E-state index is 6.38. The zero-order valence-corrected chi connectivity index (χ0v) is 13.0. The molecule has 0 aliphatic carbocycles. The molecule has 96 valence electrons. The van der Waals surface area contributed by atoms with E-state index in [1.165, 1.54) is 6.42 Å². The lowest BCUT2D eigenvalue weighted by molar-refractivity contribution is 0.229. The maximum absolute atomic E-state index is 6.38. The molecule has 0 N–H and O–H groups in total. The van der Waals surface area contributed by atoms with Gasteiger partial charge in [-0.1, -0.05) is 44.9 Å². The van der Waals surface area contributed by atoms with E-state index in [9.17, 15) is 0 Å². The molecule has 16 heavy (non-hydrogen) atoms. The SMILES string of the molecule is CCCCO/C(Cl)=C(/CC)P(Cl)CCCC. The van der Waals surface area contributed by atoms with Gasteiger partial charge in [-0.3, -0.25) is 0 Å². The lowest BCUT2D eigenvalue weighted by Crippen LogP contribution is -1.94. The lowest BCUT2D eigenvalue weighted by atomic mass is 10.4. The van der Waals surface area contributed by atoms with Crippen LogP contribution in [0.2, 0.25) is 0 Å². The summed E-state index contributed by atoms with van der Waals surface area (Å²) in [6.45, 7) is 7.10. The molecule has 0 saturated carbocycles. The molecule has 0 aromatic carbocycles. The zero-order valence-electron chi connectivity index (χ0n) is 10.6. The van der Waals surface area contributed by atoms with Crippen molar-refractivity contribution in [2.45, 2.75) is 52.9 Å². The van der Waals surface area contributed by atoms with Crippen molar-refractivity contribution in [3.63, 3.8) is 0 Å². The third-order valence-corrected chi connectivity index (χ3v) is 5.69. The van der Waals surface area contributed by atoms with Crippen molar-refractivity contribution in [2.24, 2.45) is 0 Å². The number of hydrogen-bond acceptors (Lipinski definition) is 1.